The number of anilines is 1. The first-order valence-corrected chi connectivity index (χ1v) is 12.6. The summed E-state index contributed by atoms with van der Waals surface area (Å²) in [5, 5.41) is 2.19. The zero-order valence-electron chi connectivity index (χ0n) is 15.9. The number of furan rings is 1. The second kappa shape index (κ2) is 9.00. The van der Waals surface area contributed by atoms with E-state index in [0.717, 1.165) is 9.35 Å². The summed E-state index contributed by atoms with van der Waals surface area (Å²) in [6, 6.07) is 19.6. The molecule has 0 radical (unpaired) electrons. The first-order valence-electron chi connectivity index (χ1n) is 9.05. The van der Waals surface area contributed by atoms with Crippen molar-refractivity contribution in [1.29, 1.82) is 0 Å². The topological polar surface area (TPSA) is 67.6 Å². The van der Waals surface area contributed by atoms with Gasteiger partial charge in [-0.1, -0.05) is 33.6 Å². The molecule has 31 heavy (non-hydrogen) atoms. The first kappa shape index (κ1) is 21.8. The fourth-order valence-corrected chi connectivity index (χ4v) is 5.16. The molecular weight excluding hydrogens is 522 g/mol. The Hall–Kier alpha value is -2.39. The molecule has 4 aromatic rings. The second-order valence-corrected chi connectivity index (χ2v) is 10.8. The molecule has 0 saturated carbocycles. The van der Waals surface area contributed by atoms with Crippen molar-refractivity contribution in [3.63, 3.8) is 0 Å². The van der Waals surface area contributed by atoms with Crippen LogP contribution in [0.25, 0.3) is 0 Å². The lowest BCUT2D eigenvalue weighted by Crippen LogP contribution is -2.29. The van der Waals surface area contributed by atoms with Crippen LogP contribution < -0.4 is 4.90 Å². The summed E-state index contributed by atoms with van der Waals surface area (Å²) in [6.45, 7) is 0.313. The number of nitrogens with zero attached hydrogens (tertiary/aromatic N) is 1. The molecule has 4 rings (SSSR count). The van der Waals surface area contributed by atoms with E-state index in [1.54, 1.807) is 36.4 Å². The predicted molar refractivity (Wildman–Crippen MR) is 125 cm³/mol. The van der Waals surface area contributed by atoms with Crippen LogP contribution in [0.3, 0.4) is 0 Å². The SMILES string of the molecule is O=C(c1ccc(S(=O)(=O)c2ccc(Br)cc2)o1)N(Cc1cccs1)c1ccc(Cl)cc1. The highest BCUT2D eigenvalue weighted by molar-refractivity contribution is 9.10. The third-order valence-corrected chi connectivity index (χ3v) is 7.74. The number of rotatable bonds is 6. The maximum atomic E-state index is 13.3. The minimum absolute atomic E-state index is 0.0674. The van der Waals surface area contributed by atoms with Crippen molar-refractivity contribution >= 4 is 60.3 Å². The average Bonchev–Trinajstić information content (AvgIpc) is 3.45. The minimum atomic E-state index is -3.89. The smallest absolute Gasteiger partial charge is 0.294 e. The zero-order chi connectivity index (χ0) is 22.0. The molecule has 2 aromatic heterocycles. The Balaban J connectivity index is 1.67. The molecule has 0 atom stereocenters. The highest BCUT2D eigenvalue weighted by atomic mass is 79.9. The van der Waals surface area contributed by atoms with Gasteiger partial charge in [0, 0.05) is 20.1 Å². The molecule has 0 unspecified atom stereocenters. The predicted octanol–water partition coefficient (Wildman–Crippen LogP) is 6.44. The fourth-order valence-electron chi connectivity index (χ4n) is 2.90. The van der Waals surface area contributed by atoms with Gasteiger partial charge in [-0.25, -0.2) is 8.42 Å². The Morgan fingerprint density at radius 2 is 1.71 bits per heavy atom. The average molecular weight is 537 g/mol. The molecule has 2 aromatic carbocycles. The second-order valence-electron chi connectivity index (χ2n) is 6.52. The summed E-state index contributed by atoms with van der Waals surface area (Å²) in [4.78, 5) is 15.9. The van der Waals surface area contributed by atoms with E-state index in [9.17, 15) is 13.2 Å². The van der Waals surface area contributed by atoms with Crippen molar-refractivity contribution in [2.24, 2.45) is 0 Å². The van der Waals surface area contributed by atoms with Gasteiger partial charge in [0.05, 0.1) is 11.4 Å². The van der Waals surface area contributed by atoms with Gasteiger partial charge >= 0.3 is 0 Å². The monoisotopic (exact) mass is 535 g/mol. The van der Waals surface area contributed by atoms with Crippen molar-refractivity contribution in [2.45, 2.75) is 16.5 Å². The zero-order valence-corrected chi connectivity index (χ0v) is 19.8. The molecule has 0 fully saturated rings. The molecule has 0 aliphatic heterocycles. The molecule has 5 nitrogen and oxygen atoms in total. The van der Waals surface area contributed by atoms with Gasteiger partial charge in [-0.15, -0.1) is 11.3 Å². The highest BCUT2D eigenvalue weighted by Gasteiger charge is 2.26. The number of amides is 1. The molecular formula is C22H15BrClNO4S2. The summed E-state index contributed by atoms with van der Waals surface area (Å²) in [6.07, 6.45) is 0. The van der Waals surface area contributed by atoms with Crippen LogP contribution in [-0.2, 0) is 16.4 Å². The molecule has 0 aliphatic rings. The van der Waals surface area contributed by atoms with Gasteiger partial charge in [-0.2, -0.15) is 0 Å². The van der Waals surface area contributed by atoms with Gasteiger partial charge in [-0.3, -0.25) is 4.79 Å². The van der Waals surface area contributed by atoms with Gasteiger partial charge in [0.1, 0.15) is 0 Å². The molecule has 0 spiro atoms. The Morgan fingerprint density at radius 1 is 1.00 bits per heavy atom. The van der Waals surface area contributed by atoms with Crippen molar-refractivity contribution in [2.75, 3.05) is 4.90 Å². The summed E-state index contributed by atoms with van der Waals surface area (Å²) >= 11 is 10.8. The maximum Gasteiger partial charge on any atom is 0.294 e. The maximum absolute atomic E-state index is 13.3. The van der Waals surface area contributed by atoms with Crippen molar-refractivity contribution in [1.82, 2.24) is 0 Å². The lowest BCUT2D eigenvalue weighted by Gasteiger charge is -2.21. The first-order chi connectivity index (χ1) is 14.8. The van der Waals surface area contributed by atoms with Crippen molar-refractivity contribution < 1.29 is 17.6 Å². The van der Waals surface area contributed by atoms with Crippen molar-refractivity contribution in [3.05, 3.63) is 98.3 Å². The van der Waals surface area contributed by atoms with Crippen LogP contribution in [0.2, 0.25) is 5.02 Å². The Bertz CT molecular complexity index is 1300. The molecule has 2 heterocycles. The van der Waals surface area contributed by atoms with E-state index in [4.69, 9.17) is 16.0 Å². The standard InChI is InChI=1S/C22H15BrClNO4S2/c23-15-3-9-19(10-4-15)31(27,28)21-12-11-20(29-21)22(26)25(14-18-2-1-13-30-18)17-7-5-16(24)6-8-17/h1-13H,14H2. The van der Waals surface area contributed by atoms with Crippen molar-refractivity contribution in [3.8, 4) is 0 Å². The van der Waals surface area contributed by atoms with Crippen LogP contribution in [0.1, 0.15) is 15.4 Å². The number of hydrogen-bond acceptors (Lipinski definition) is 5. The molecule has 9 heteroatoms. The van der Waals surface area contributed by atoms with Gasteiger partial charge < -0.3 is 9.32 Å². The Morgan fingerprint density at radius 3 is 2.35 bits per heavy atom. The Kier molecular flexibility index (Phi) is 6.34. The highest BCUT2D eigenvalue weighted by Crippen LogP contribution is 2.28. The van der Waals surface area contributed by atoms with E-state index in [1.165, 1.54) is 40.5 Å². The third kappa shape index (κ3) is 4.77. The van der Waals surface area contributed by atoms with Gasteiger partial charge in [0.15, 0.2) is 5.76 Å². The van der Waals surface area contributed by atoms with Gasteiger partial charge in [0.2, 0.25) is 14.9 Å². The molecule has 0 saturated heterocycles. The van der Waals surface area contributed by atoms with Crippen LogP contribution in [0.5, 0.6) is 0 Å². The van der Waals surface area contributed by atoms with Gasteiger partial charge in [-0.05, 0) is 72.1 Å². The quantitative estimate of drug-likeness (QED) is 0.284. The number of thiophene rings is 1. The number of carbonyl (C=O) groups excluding carboxylic acids is 1. The minimum Gasteiger partial charge on any atom is -0.439 e. The number of sulfone groups is 1. The van der Waals surface area contributed by atoms with Gasteiger partial charge in [0.25, 0.3) is 5.91 Å². The van der Waals surface area contributed by atoms with Crippen LogP contribution in [0.15, 0.2) is 97.1 Å². The fraction of sp³-hybridized carbons (Fsp3) is 0.0455. The third-order valence-electron chi connectivity index (χ3n) is 4.46. The van der Waals surface area contributed by atoms with Crippen LogP contribution in [0.4, 0.5) is 5.69 Å². The Labute approximate surface area is 196 Å². The van der Waals surface area contributed by atoms with E-state index in [2.05, 4.69) is 15.9 Å². The van der Waals surface area contributed by atoms with E-state index in [1.807, 2.05) is 17.5 Å². The number of halogens is 2. The molecule has 1 amide bonds. The van der Waals surface area contributed by atoms with Crippen LogP contribution in [0, 0.1) is 0 Å². The van der Waals surface area contributed by atoms with E-state index in [-0.39, 0.29) is 15.7 Å². The summed E-state index contributed by atoms with van der Waals surface area (Å²) in [5.41, 5.74) is 0.622. The summed E-state index contributed by atoms with van der Waals surface area (Å²) in [5.74, 6) is -0.518. The molecule has 158 valence electrons. The van der Waals surface area contributed by atoms with Crippen LogP contribution in [-0.4, -0.2) is 14.3 Å². The van der Waals surface area contributed by atoms with E-state index in [0.29, 0.717) is 17.3 Å². The number of carbonyl (C=O) groups is 1. The number of benzene rings is 2. The molecule has 0 bridgehead atoms. The van der Waals surface area contributed by atoms with E-state index < -0.39 is 15.7 Å². The van der Waals surface area contributed by atoms with Crippen LogP contribution >= 0.6 is 38.9 Å². The number of hydrogen-bond donors (Lipinski definition) is 0. The summed E-state index contributed by atoms with van der Waals surface area (Å²) < 4.78 is 32.0. The molecule has 0 N–H and O–H groups in total. The normalized spacial score (nSPS) is 11.4. The molecule has 0 aliphatic carbocycles. The largest absolute Gasteiger partial charge is 0.439 e. The lowest BCUT2D eigenvalue weighted by atomic mass is 10.2. The van der Waals surface area contributed by atoms with E-state index >= 15 is 0 Å². The summed E-state index contributed by atoms with van der Waals surface area (Å²) in [7, 11) is -3.89. The lowest BCUT2D eigenvalue weighted by molar-refractivity contribution is 0.0953.